The van der Waals surface area contributed by atoms with Gasteiger partial charge >= 0.3 is 0 Å². The molecule has 70 valence electrons. The molecule has 1 aromatic carbocycles. The molecule has 0 aliphatic carbocycles. The number of ether oxygens (including phenoxy) is 1. The lowest BCUT2D eigenvalue weighted by atomic mass is 10.1. The lowest BCUT2D eigenvalue weighted by molar-refractivity contribution is 0.112. The molecule has 13 heavy (non-hydrogen) atoms. The van der Waals surface area contributed by atoms with Crippen LogP contribution in [-0.2, 0) is 0 Å². The van der Waals surface area contributed by atoms with Gasteiger partial charge in [-0.15, -0.1) is 0 Å². The molecule has 0 aromatic heterocycles. The van der Waals surface area contributed by atoms with Gasteiger partial charge in [-0.05, 0) is 25.0 Å². The predicted octanol–water partition coefficient (Wildman–Crippen LogP) is 2.78. The average molecular weight is 199 g/mol. The fourth-order valence-electron chi connectivity index (χ4n) is 1.35. The Bertz CT molecular complexity index is 345. The number of carbonyl (C=O) groups excluding carboxylic acids is 1. The lowest BCUT2D eigenvalue weighted by Crippen LogP contribution is -1.96. The summed E-state index contributed by atoms with van der Waals surface area (Å²) in [7, 11) is 1.53. The highest BCUT2D eigenvalue weighted by atomic mass is 35.5. The Morgan fingerprint density at radius 1 is 1.38 bits per heavy atom. The predicted molar refractivity (Wildman–Crippen MR) is 52.9 cm³/mol. The van der Waals surface area contributed by atoms with Gasteiger partial charge in [0.1, 0.15) is 5.75 Å². The molecular weight excluding hydrogens is 188 g/mol. The standard InChI is InChI=1S/C10H11ClO2/c1-6-4-7(2)10(13-3)8(5-12)9(6)11/h4-5H,1-3H3. The third-order valence-electron chi connectivity index (χ3n) is 1.94. The highest BCUT2D eigenvalue weighted by molar-refractivity contribution is 6.34. The van der Waals surface area contributed by atoms with Gasteiger partial charge in [0.2, 0.25) is 0 Å². The first kappa shape index (κ1) is 10.1. The molecule has 0 spiro atoms. The van der Waals surface area contributed by atoms with Crippen LogP contribution in [0.15, 0.2) is 6.07 Å². The van der Waals surface area contributed by atoms with Gasteiger partial charge in [0, 0.05) is 0 Å². The number of benzene rings is 1. The number of hydrogen-bond donors (Lipinski definition) is 0. The van der Waals surface area contributed by atoms with Crippen molar-refractivity contribution in [1.29, 1.82) is 0 Å². The van der Waals surface area contributed by atoms with Gasteiger partial charge in [0.15, 0.2) is 6.29 Å². The number of halogens is 1. The first-order valence-corrected chi connectivity index (χ1v) is 4.28. The monoisotopic (exact) mass is 198 g/mol. The highest BCUT2D eigenvalue weighted by Gasteiger charge is 2.12. The minimum atomic E-state index is 0.432. The molecule has 1 rings (SSSR count). The third kappa shape index (κ3) is 1.68. The summed E-state index contributed by atoms with van der Waals surface area (Å²) in [5.74, 6) is 0.561. The molecule has 0 bridgehead atoms. The fraction of sp³-hybridized carbons (Fsp3) is 0.300. The van der Waals surface area contributed by atoms with E-state index in [0.717, 1.165) is 17.4 Å². The summed E-state index contributed by atoms with van der Waals surface area (Å²) in [5.41, 5.74) is 2.25. The lowest BCUT2D eigenvalue weighted by Gasteiger charge is -2.10. The van der Waals surface area contributed by atoms with E-state index >= 15 is 0 Å². The second kappa shape index (κ2) is 3.79. The van der Waals surface area contributed by atoms with Gasteiger partial charge in [0.25, 0.3) is 0 Å². The van der Waals surface area contributed by atoms with Crippen molar-refractivity contribution < 1.29 is 9.53 Å². The Kier molecular flexibility index (Phi) is 2.94. The largest absolute Gasteiger partial charge is 0.496 e. The van der Waals surface area contributed by atoms with E-state index in [-0.39, 0.29) is 0 Å². The molecule has 0 saturated carbocycles. The Labute approximate surface area is 82.5 Å². The first-order valence-electron chi connectivity index (χ1n) is 3.90. The Hall–Kier alpha value is -1.02. The number of carbonyl (C=O) groups is 1. The molecule has 0 radical (unpaired) electrons. The molecular formula is C10H11ClO2. The van der Waals surface area contributed by atoms with Crippen LogP contribution in [0, 0.1) is 13.8 Å². The second-order valence-electron chi connectivity index (χ2n) is 2.89. The van der Waals surface area contributed by atoms with E-state index in [9.17, 15) is 4.79 Å². The van der Waals surface area contributed by atoms with Crippen molar-refractivity contribution in [2.24, 2.45) is 0 Å². The van der Waals surface area contributed by atoms with Crippen LogP contribution in [0.1, 0.15) is 21.5 Å². The fourth-order valence-corrected chi connectivity index (χ4v) is 1.54. The Morgan fingerprint density at radius 3 is 2.46 bits per heavy atom. The molecule has 0 aliphatic heterocycles. The van der Waals surface area contributed by atoms with Crippen LogP contribution in [0.25, 0.3) is 0 Å². The Morgan fingerprint density at radius 2 is 2.00 bits per heavy atom. The van der Waals surface area contributed by atoms with Gasteiger partial charge in [-0.1, -0.05) is 17.7 Å². The summed E-state index contributed by atoms with van der Waals surface area (Å²) in [6.07, 6.45) is 0.723. The molecule has 3 heteroatoms. The molecule has 0 heterocycles. The van der Waals surface area contributed by atoms with E-state index in [0.29, 0.717) is 16.3 Å². The number of rotatable bonds is 2. The Balaban J connectivity index is 3.50. The topological polar surface area (TPSA) is 26.3 Å². The number of methoxy groups -OCH3 is 1. The molecule has 0 N–H and O–H groups in total. The van der Waals surface area contributed by atoms with Crippen LogP contribution in [0.3, 0.4) is 0 Å². The van der Waals surface area contributed by atoms with Gasteiger partial charge in [0.05, 0.1) is 17.7 Å². The van der Waals surface area contributed by atoms with Gasteiger partial charge in [-0.25, -0.2) is 0 Å². The summed E-state index contributed by atoms with van der Waals surface area (Å²) in [6, 6.07) is 1.90. The summed E-state index contributed by atoms with van der Waals surface area (Å²) in [5, 5.41) is 0.470. The summed E-state index contributed by atoms with van der Waals surface area (Å²) in [4.78, 5) is 10.7. The zero-order valence-electron chi connectivity index (χ0n) is 7.85. The maximum atomic E-state index is 10.7. The van der Waals surface area contributed by atoms with E-state index < -0.39 is 0 Å². The zero-order valence-corrected chi connectivity index (χ0v) is 8.61. The normalized spacial score (nSPS) is 9.85. The van der Waals surface area contributed by atoms with Crippen LogP contribution in [0.2, 0.25) is 5.02 Å². The minimum Gasteiger partial charge on any atom is -0.496 e. The van der Waals surface area contributed by atoms with Crippen molar-refractivity contribution in [2.75, 3.05) is 7.11 Å². The summed E-state index contributed by atoms with van der Waals surface area (Å²) >= 11 is 5.94. The molecule has 2 nitrogen and oxygen atoms in total. The molecule has 0 saturated heterocycles. The quantitative estimate of drug-likeness (QED) is 0.684. The van der Waals surface area contributed by atoms with Crippen molar-refractivity contribution in [3.8, 4) is 5.75 Å². The van der Waals surface area contributed by atoms with Crippen molar-refractivity contribution >= 4 is 17.9 Å². The number of hydrogen-bond acceptors (Lipinski definition) is 2. The third-order valence-corrected chi connectivity index (χ3v) is 2.44. The zero-order chi connectivity index (χ0) is 10.0. The van der Waals surface area contributed by atoms with E-state index in [2.05, 4.69) is 0 Å². The van der Waals surface area contributed by atoms with Crippen LogP contribution in [-0.4, -0.2) is 13.4 Å². The van der Waals surface area contributed by atoms with Gasteiger partial charge in [-0.3, -0.25) is 4.79 Å². The second-order valence-corrected chi connectivity index (χ2v) is 3.27. The molecule has 1 aromatic rings. The smallest absolute Gasteiger partial charge is 0.155 e. The minimum absolute atomic E-state index is 0.432. The summed E-state index contributed by atoms with van der Waals surface area (Å²) < 4.78 is 5.09. The van der Waals surface area contributed by atoms with Gasteiger partial charge < -0.3 is 4.74 Å². The number of aryl methyl sites for hydroxylation is 2. The van der Waals surface area contributed by atoms with Gasteiger partial charge in [-0.2, -0.15) is 0 Å². The summed E-state index contributed by atoms with van der Waals surface area (Å²) in [6.45, 7) is 3.75. The van der Waals surface area contributed by atoms with Crippen molar-refractivity contribution in [1.82, 2.24) is 0 Å². The highest BCUT2D eigenvalue weighted by Crippen LogP contribution is 2.31. The molecule has 0 amide bonds. The molecule has 0 aliphatic rings. The van der Waals surface area contributed by atoms with Crippen molar-refractivity contribution in [3.63, 3.8) is 0 Å². The molecule has 0 fully saturated rings. The van der Waals surface area contributed by atoms with E-state index in [4.69, 9.17) is 16.3 Å². The van der Waals surface area contributed by atoms with Crippen LogP contribution < -0.4 is 4.74 Å². The average Bonchev–Trinajstić information content (AvgIpc) is 2.10. The molecule has 0 unspecified atom stereocenters. The first-order chi connectivity index (χ1) is 6.11. The maximum absolute atomic E-state index is 10.7. The van der Waals surface area contributed by atoms with Crippen molar-refractivity contribution in [3.05, 3.63) is 27.8 Å². The van der Waals surface area contributed by atoms with Crippen LogP contribution >= 0.6 is 11.6 Å². The van der Waals surface area contributed by atoms with E-state index in [1.807, 2.05) is 19.9 Å². The number of aldehydes is 1. The van der Waals surface area contributed by atoms with Crippen molar-refractivity contribution in [2.45, 2.75) is 13.8 Å². The van der Waals surface area contributed by atoms with E-state index in [1.165, 1.54) is 7.11 Å². The maximum Gasteiger partial charge on any atom is 0.155 e. The van der Waals surface area contributed by atoms with Crippen LogP contribution in [0.5, 0.6) is 5.75 Å². The SMILES string of the molecule is COc1c(C)cc(C)c(Cl)c1C=O. The van der Waals surface area contributed by atoms with E-state index in [1.54, 1.807) is 0 Å². The van der Waals surface area contributed by atoms with Crippen LogP contribution in [0.4, 0.5) is 0 Å². The molecule has 0 atom stereocenters.